The van der Waals surface area contributed by atoms with Crippen LogP contribution in [0, 0.1) is 11.8 Å². The topological polar surface area (TPSA) is 57.7 Å². The molecule has 1 aromatic rings. The normalized spacial score (nSPS) is 28.2. The molecule has 29 heavy (non-hydrogen) atoms. The van der Waals surface area contributed by atoms with Gasteiger partial charge in [-0.25, -0.2) is 8.42 Å². The maximum atomic E-state index is 13.2. The molecular weight excluding hydrogens is 384 g/mol. The Labute approximate surface area is 174 Å². The van der Waals surface area contributed by atoms with Crippen molar-refractivity contribution >= 4 is 22.0 Å². The van der Waals surface area contributed by atoms with Gasteiger partial charge in [0, 0.05) is 37.7 Å². The second-order valence-electron chi connectivity index (χ2n) is 9.32. The molecule has 0 N–H and O–H groups in total. The van der Waals surface area contributed by atoms with Gasteiger partial charge >= 0.3 is 0 Å². The number of amides is 1. The molecule has 6 heteroatoms. The van der Waals surface area contributed by atoms with Crippen molar-refractivity contribution in [3.63, 3.8) is 0 Å². The third-order valence-corrected chi connectivity index (χ3v) is 8.47. The first-order valence-corrected chi connectivity index (χ1v) is 12.3. The number of benzene rings is 1. The van der Waals surface area contributed by atoms with Crippen LogP contribution in [0.25, 0.3) is 6.08 Å². The Morgan fingerprint density at radius 3 is 2.48 bits per heavy atom. The van der Waals surface area contributed by atoms with Crippen LogP contribution in [0.2, 0.25) is 0 Å². The first kappa shape index (κ1) is 20.6. The van der Waals surface area contributed by atoms with Gasteiger partial charge in [-0.2, -0.15) is 4.31 Å². The van der Waals surface area contributed by atoms with Gasteiger partial charge in [0.05, 0.1) is 4.90 Å². The van der Waals surface area contributed by atoms with Crippen molar-refractivity contribution in [1.82, 2.24) is 9.21 Å². The van der Waals surface area contributed by atoms with Crippen molar-refractivity contribution < 1.29 is 13.2 Å². The van der Waals surface area contributed by atoms with Crippen LogP contribution < -0.4 is 0 Å². The SMILES string of the molecule is CC1CC(C)CN(S(=O)(=O)c2ccc3c(c2)C=C(C(=O)N2CCCCC2C)C3)C1. The molecule has 158 valence electrons. The number of rotatable bonds is 3. The quantitative estimate of drug-likeness (QED) is 0.755. The number of carbonyl (C=O) groups excluding carboxylic acids is 1. The molecule has 1 amide bonds. The molecule has 0 saturated carbocycles. The molecule has 0 aromatic heterocycles. The maximum Gasteiger partial charge on any atom is 0.250 e. The van der Waals surface area contributed by atoms with Crippen molar-refractivity contribution in [1.29, 1.82) is 0 Å². The highest BCUT2D eigenvalue weighted by molar-refractivity contribution is 7.89. The Hall–Kier alpha value is -1.66. The van der Waals surface area contributed by atoms with Crippen LogP contribution in [0.1, 0.15) is 57.6 Å². The highest BCUT2D eigenvalue weighted by Gasteiger charge is 2.33. The van der Waals surface area contributed by atoms with Crippen LogP contribution in [0.15, 0.2) is 28.7 Å². The number of nitrogens with zero attached hydrogens (tertiary/aromatic N) is 2. The van der Waals surface area contributed by atoms with E-state index in [1.807, 2.05) is 17.0 Å². The van der Waals surface area contributed by atoms with Crippen molar-refractivity contribution in [2.24, 2.45) is 11.8 Å². The van der Waals surface area contributed by atoms with Crippen LogP contribution in [0.4, 0.5) is 0 Å². The Morgan fingerprint density at radius 2 is 1.79 bits per heavy atom. The number of carbonyl (C=O) groups is 1. The summed E-state index contributed by atoms with van der Waals surface area (Å²) in [5, 5.41) is 0. The van der Waals surface area contributed by atoms with Gasteiger partial charge in [-0.1, -0.05) is 19.9 Å². The first-order chi connectivity index (χ1) is 13.8. The van der Waals surface area contributed by atoms with Gasteiger partial charge in [-0.3, -0.25) is 4.79 Å². The minimum Gasteiger partial charge on any atom is -0.336 e. The highest BCUT2D eigenvalue weighted by atomic mass is 32.2. The molecule has 3 aliphatic rings. The fourth-order valence-corrected chi connectivity index (χ4v) is 6.86. The summed E-state index contributed by atoms with van der Waals surface area (Å²) in [6.45, 7) is 8.32. The summed E-state index contributed by atoms with van der Waals surface area (Å²) < 4.78 is 28.1. The minimum atomic E-state index is -3.51. The van der Waals surface area contributed by atoms with Crippen molar-refractivity contribution in [3.8, 4) is 0 Å². The molecule has 1 aliphatic carbocycles. The molecule has 2 aliphatic heterocycles. The first-order valence-electron chi connectivity index (χ1n) is 10.9. The fraction of sp³-hybridized carbons (Fsp3) is 0.609. The monoisotopic (exact) mass is 416 g/mol. The third kappa shape index (κ3) is 4.02. The van der Waals surface area contributed by atoms with E-state index in [0.717, 1.165) is 42.5 Å². The van der Waals surface area contributed by atoms with E-state index in [1.165, 1.54) is 6.42 Å². The summed E-state index contributed by atoms with van der Waals surface area (Å²) in [4.78, 5) is 15.3. The van der Waals surface area contributed by atoms with Gasteiger partial charge in [0.2, 0.25) is 15.9 Å². The standard InChI is InChI=1S/C23H32N2O3S/c1-16-10-17(2)15-24(14-16)29(27,28)22-8-7-19-11-21(12-20(19)13-22)23(26)25-9-5-4-6-18(25)3/h7-8,12-13,16-18H,4-6,9-11,14-15H2,1-3H3. The number of hydrogen-bond donors (Lipinski definition) is 0. The second kappa shape index (κ2) is 7.88. The van der Waals surface area contributed by atoms with E-state index in [-0.39, 0.29) is 11.9 Å². The van der Waals surface area contributed by atoms with Crippen molar-refractivity contribution in [3.05, 3.63) is 34.9 Å². The van der Waals surface area contributed by atoms with Crippen LogP contribution in [-0.4, -0.2) is 49.2 Å². The molecule has 3 atom stereocenters. The summed E-state index contributed by atoms with van der Waals surface area (Å²) in [5.41, 5.74) is 2.69. The van der Waals surface area contributed by atoms with Gasteiger partial charge in [-0.05, 0) is 73.8 Å². The van der Waals surface area contributed by atoms with Gasteiger partial charge in [0.1, 0.15) is 0 Å². The Bertz CT molecular complexity index is 927. The van der Waals surface area contributed by atoms with E-state index in [4.69, 9.17) is 0 Å². The highest BCUT2D eigenvalue weighted by Crippen LogP contribution is 2.32. The molecule has 1 aromatic carbocycles. The molecule has 0 radical (unpaired) electrons. The van der Waals surface area contributed by atoms with E-state index in [9.17, 15) is 13.2 Å². The molecule has 0 bridgehead atoms. The third-order valence-electron chi connectivity index (χ3n) is 6.64. The van der Waals surface area contributed by atoms with Gasteiger partial charge in [0.25, 0.3) is 0 Å². The summed E-state index contributed by atoms with van der Waals surface area (Å²) in [5.74, 6) is 0.855. The molecule has 3 unspecified atom stereocenters. The molecule has 4 rings (SSSR count). The predicted molar refractivity (Wildman–Crippen MR) is 115 cm³/mol. The van der Waals surface area contributed by atoms with E-state index in [2.05, 4.69) is 20.8 Å². The van der Waals surface area contributed by atoms with Crippen LogP contribution in [0.5, 0.6) is 0 Å². The second-order valence-corrected chi connectivity index (χ2v) is 11.3. The largest absolute Gasteiger partial charge is 0.336 e. The molecule has 0 spiro atoms. The number of piperidine rings is 2. The predicted octanol–water partition coefficient (Wildman–Crippen LogP) is 3.69. The number of fused-ring (bicyclic) bond motifs is 1. The molecule has 2 fully saturated rings. The summed E-state index contributed by atoms with van der Waals surface area (Å²) in [7, 11) is -3.51. The number of likely N-dealkylation sites (tertiary alicyclic amines) is 1. The van der Waals surface area contributed by atoms with Gasteiger partial charge < -0.3 is 4.90 Å². The summed E-state index contributed by atoms with van der Waals surface area (Å²) >= 11 is 0. The summed E-state index contributed by atoms with van der Waals surface area (Å²) in [6, 6.07) is 5.63. The molecule has 2 saturated heterocycles. The van der Waals surface area contributed by atoms with Crippen molar-refractivity contribution in [2.45, 2.75) is 63.8 Å². The minimum absolute atomic E-state index is 0.108. The number of hydrogen-bond acceptors (Lipinski definition) is 3. The molecule has 5 nitrogen and oxygen atoms in total. The van der Waals surface area contributed by atoms with E-state index < -0.39 is 10.0 Å². The van der Waals surface area contributed by atoms with E-state index in [1.54, 1.807) is 16.4 Å². The van der Waals surface area contributed by atoms with Crippen LogP contribution in [-0.2, 0) is 21.2 Å². The van der Waals surface area contributed by atoms with Crippen LogP contribution >= 0.6 is 0 Å². The Balaban J connectivity index is 1.57. The van der Waals surface area contributed by atoms with Gasteiger partial charge in [-0.15, -0.1) is 0 Å². The lowest BCUT2D eigenvalue weighted by Gasteiger charge is -2.34. The van der Waals surface area contributed by atoms with Crippen molar-refractivity contribution in [2.75, 3.05) is 19.6 Å². The zero-order valence-corrected chi connectivity index (χ0v) is 18.5. The lowest BCUT2D eigenvalue weighted by Crippen LogP contribution is -2.42. The molecule has 2 heterocycles. The fourth-order valence-electron chi connectivity index (χ4n) is 5.15. The zero-order valence-electron chi connectivity index (χ0n) is 17.7. The average molecular weight is 417 g/mol. The maximum absolute atomic E-state index is 13.2. The van der Waals surface area contributed by atoms with E-state index >= 15 is 0 Å². The molecular formula is C23H32N2O3S. The lowest BCUT2D eigenvalue weighted by molar-refractivity contribution is -0.130. The number of sulfonamides is 1. The van der Waals surface area contributed by atoms with Crippen LogP contribution in [0.3, 0.4) is 0 Å². The van der Waals surface area contributed by atoms with E-state index in [0.29, 0.717) is 36.2 Å². The Kier molecular flexibility index (Phi) is 5.60. The summed E-state index contributed by atoms with van der Waals surface area (Å²) in [6.07, 6.45) is 6.86. The smallest absolute Gasteiger partial charge is 0.250 e. The zero-order chi connectivity index (χ0) is 20.8. The Morgan fingerprint density at radius 1 is 1.07 bits per heavy atom. The lowest BCUT2D eigenvalue weighted by atomic mass is 9.94. The van der Waals surface area contributed by atoms with Gasteiger partial charge in [0.15, 0.2) is 0 Å². The average Bonchev–Trinajstić information content (AvgIpc) is 3.10.